The minimum absolute atomic E-state index is 0.0300. The molecule has 0 radical (unpaired) electrons. The van der Waals surface area contributed by atoms with Crippen molar-refractivity contribution in [1.82, 2.24) is 10.2 Å². The summed E-state index contributed by atoms with van der Waals surface area (Å²) < 4.78 is 13.1. The third kappa shape index (κ3) is 3.85. The van der Waals surface area contributed by atoms with E-state index in [1.54, 1.807) is 4.90 Å². The molecular weight excluding hydrogens is 297 g/mol. The molecule has 2 N–H and O–H groups in total. The number of benzene rings is 1. The lowest BCUT2D eigenvalue weighted by Crippen LogP contribution is -2.36. The lowest BCUT2D eigenvalue weighted by atomic mass is 10.1. The van der Waals surface area contributed by atoms with Crippen LogP contribution < -0.4 is 10.6 Å². The van der Waals surface area contributed by atoms with Gasteiger partial charge in [-0.05, 0) is 31.5 Å². The summed E-state index contributed by atoms with van der Waals surface area (Å²) in [6.45, 7) is 3.33. The zero-order valence-electron chi connectivity index (χ0n) is 11.7. The molecule has 0 spiro atoms. The number of amides is 3. The quantitative estimate of drug-likeness (QED) is 0.900. The van der Waals surface area contributed by atoms with Crippen LogP contribution in [-0.4, -0.2) is 36.5 Å². The maximum absolute atomic E-state index is 13.1. The molecule has 0 aromatic heterocycles. The van der Waals surface area contributed by atoms with Crippen LogP contribution in [0, 0.1) is 11.7 Å². The normalized spacial score (nSPS) is 17.7. The predicted octanol–water partition coefficient (Wildman–Crippen LogP) is 2.47. The second-order valence-electron chi connectivity index (χ2n) is 4.89. The van der Waals surface area contributed by atoms with Crippen molar-refractivity contribution in [1.29, 1.82) is 0 Å². The highest BCUT2D eigenvalue weighted by Gasteiger charge is 2.30. The van der Waals surface area contributed by atoms with Gasteiger partial charge in [0.25, 0.3) is 0 Å². The van der Waals surface area contributed by atoms with Gasteiger partial charge in [-0.15, -0.1) is 0 Å². The Kier molecular flexibility index (Phi) is 5.01. The molecule has 0 unspecified atom stereocenters. The Morgan fingerprint density at radius 2 is 2.24 bits per heavy atom. The molecule has 1 aliphatic heterocycles. The zero-order valence-corrected chi connectivity index (χ0v) is 12.4. The molecule has 1 aliphatic rings. The van der Waals surface area contributed by atoms with E-state index in [0.29, 0.717) is 31.7 Å². The summed E-state index contributed by atoms with van der Waals surface area (Å²) in [5.41, 5.74) is 0.424. The second-order valence-corrected chi connectivity index (χ2v) is 5.29. The minimum atomic E-state index is -0.535. The SMILES string of the molecule is CCNC(=O)[C@H]1CCN(C(=O)Nc2ccc(F)c(Cl)c2)C1. The van der Waals surface area contributed by atoms with Crippen LogP contribution in [0.1, 0.15) is 13.3 Å². The number of nitrogens with one attached hydrogen (secondary N) is 2. The first-order valence-corrected chi connectivity index (χ1v) is 7.17. The summed E-state index contributed by atoms with van der Waals surface area (Å²) in [7, 11) is 0. The minimum Gasteiger partial charge on any atom is -0.356 e. The van der Waals surface area contributed by atoms with Crippen LogP contribution in [0.2, 0.25) is 5.02 Å². The molecule has 0 saturated carbocycles. The number of hydrogen-bond acceptors (Lipinski definition) is 2. The molecule has 0 bridgehead atoms. The number of nitrogens with zero attached hydrogens (tertiary/aromatic N) is 1. The molecule has 1 atom stereocenters. The van der Waals surface area contributed by atoms with Gasteiger partial charge in [0.15, 0.2) is 0 Å². The fourth-order valence-electron chi connectivity index (χ4n) is 2.25. The van der Waals surface area contributed by atoms with E-state index in [9.17, 15) is 14.0 Å². The third-order valence-electron chi connectivity index (χ3n) is 3.37. The Morgan fingerprint density at radius 3 is 2.90 bits per heavy atom. The molecule has 2 rings (SSSR count). The number of hydrogen-bond donors (Lipinski definition) is 2. The van der Waals surface area contributed by atoms with Gasteiger partial charge in [0, 0.05) is 25.3 Å². The molecular formula is C14H17ClFN3O2. The summed E-state index contributed by atoms with van der Waals surface area (Å²) in [4.78, 5) is 25.4. The van der Waals surface area contributed by atoms with Crippen molar-refractivity contribution in [2.75, 3.05) is 25.0 Å². The van der Waals surface area contributed by atoms with Crippen molar-refractivity contribution < 1.29 is 14.0 Å². The summed E-state index contributed by atoms with van der Waals surface area (Å²) in [6, 6.07) is 3.67. The molecule has 1 fully saturated rings. The van der Waals surface area contributed by atoms with E-state index in [1.165, 1.54) is 18.2 Å². The number of carbonyl (C=O) groups is 2. The molecule has 5 nitrogen and oxygen atoms in total. The Morgan fingerprint density at radius 1 is 1.48 bits per heavy atom. The van der Waals surface area contributed by atoms with Gasteiger partial charge in [-0.3, -0.25) is 4.79 Å². The van der Waals surface area contributed by atoms with Crippen LogP contribution in [0.3, 0.4) is 0 Å². The number of likely N-dealkylation sites (tertiary alicyclic amines) is 1. The van der Waals surface area contributed by atoms with Gasteiger partial charge in [0.1, 0.15) is 5.82 Å². The monoisotopic (exact) mass is 313 g/mol. The molecule has 1 heterocycles. The molecule has 21 heavy (non-hydrogen) atoms. The predicted molar refractivity (Wildman–Crippen MR) is 78.8 cm³/mol. The molecule has 1 aromatic carbocycles. The van der Waals surface area contributed by atoms with Crippen molar-refractivity contribution in [2.45, 2.75) is 13.3 Å². The van der Waals surface area contributed by atoms with Gasteiger partial charge < -0.3 is 15.5 Å². The van der Waals surface area contributed by atoms with Gasteiger partial charge in [0.2, 0.25) is 5.91 Å². The molecule has 7 heteroatoms. The van der Waals surface area contributed by atoms with Crippen molar-refractivity contribution in [3.8, 4) is 0 Å². The zero-order chi connectivity index (χ0) is 15.4. The van der Waals surface area contributed by atoms with Crippen molar-refractivity contribution in [3.05, 3.63) is 29.0 Å². The Balaban J connectivity index is 1.92. The molecule has 114 valence electrons. The molecule has 1 aromatic rings. The fraction of sp³-hybridized carbons (Fsp3) is 0.429. The fourth-order valence-corrected chi connectivity index (χ4v) is 2.43. The summed E-state index contributed by atoms with van der Waals surface area (Å²) in [6.07, 6.45) is 0.642. The van der Waals surface area contributed by atoms with E-state index in [0.717, 1.165) is 0 Å². The number of carbonyl (C=O) groups excluding carboxylic acids is 2. The van der Waals surface area contributed by atoms with Gasteiger partial charge in [-0.2, -0.15) is 0 Å². The third-order valence-corrected chi connectivity index (χ3v) is 3.66. The summed E-state index contributed by atoms with van der Waals surface area (Å²) in [5.74, 6) is -0.739. The highest BCUT2D eigenvalue weighted by atomic mass is 35.5. The maximum Gasteiger partial charge on any atom is 0.321 e. The van der Waals surface area contributed by atoms with Crippen molar-refractivity contribution in [3.63, 3.8) is 0 Å². The van der Waals surface area contributed by atoms with Gasteiger partial charge in [0.05, 0.1) is 10.9 Å². The van der Waals surface area contributed by atoms with Gasteiger partial charge in [-0.25, -0.2) is 9.18 Å². The number of halogens is 2. The van der Waals surface area contributed by atoms with Crippen molar-refractivity contribution >= 4 is 29.2 Å². The highest BCUT2D eigenvalue weighted by Crippen LogP contribution is 2.21. The first-order chi connectivity index (χ1) is 10.0. The van der Waals surface area contributed by atoms with E-state index in [-0.39, 0.29) is 22.9 Å². The molecule has 3 amide bonds. The number of rotatable bonds is 3. The second kappa shape index (κ2) is 6.76. The largest absolute Gasteiger partial charge is 0.356 e. The number of anilines is 1. The van der Waals surface area contributed by atoms with Crippen LogP contribution in [0.25, 0.3) is 0 Å². The highest BCUT2D eigenvalue weighted by molar-refractivity contribution is 6.31. The molecule has 1 saturated heterocycles. The van der Waals surface area contributed by atoms with E-state index >= 15 is 0 Å². The van der Waals surface area contributed by atoms with Crippen LogP contribution in [-0.2, 0) is 4.79 Å². The first-order valence-electron chi connectivity index (χ1n) is 6.80. The van der Waals surface area contributed by atoms with E-state index in [4.69, 9.17) is 11.6 Å². The van der Waals surface area contributed by atoms with Crippen LogP contribution in [0.15, 0.2) is 18.2 Å². The first kappa shape index (κ1) is 15.6. The maximum atomic E-state index is 13.1. The van der Waals surface area contributed by atoms with Crippen LogP contribution >= 0.6 is 11.6 Å². The van der Waals surface area contributed by atoms with Crippen molar-refractivity contribution in [2.24, 2.45) is 5.92 Å². The standard InChI is InChI=1S/C14H17ClFN3O2/c1-2-17-13(20)9-5-6-19(8-9)14(21)18-10-3-4-12(16)11(15)7-10/h3-4,7,9H,2,5-6,8H2,1H3,(H,17,20)(H,18,21)/t9-/m0/s1. The lowest BCUT2D eigenvalue weighted by molar-refractivity contribution is -0.124. The van der Waals surface area contributed by atoms with Gasteiger partial charge >= 0.3 is 6.03 Å². The summed E-state index contributed by atoms with van der Waals surface area (Å²) in [5, 5.41) is 5.35. The van der Waals surface area contributed by atoms with Crippen LogP contribution in [0.4, 0.5) is 14.9 Å². The lowest BCUT2D eigenvalue weighted by Gasteiger charge is -2.17. The van der Waals surface area contributed by atoms with Crippen LogP contribution in [0.5, 0.6) is 0 Å². The van der Waals surface area contributed by atoms with Gasteiger partial charge in [-0.1, -0.05) is 11.6 Å². The van der Waals surface area contributed by atoms with E-state index in [2.05, 4.69) is 10.6 Å². The average Bonchev–Trinajstić information content (AvgIpc) is 2.93. The van der Waals surface area contributed by atoms with E-state index < -0.39 is 5.82 Å². The Labute approximate surface area is 127 Å². The number of urea groups is 1. The Bertz CT molecular complexity index is 553. The smallest absolute Gasteiger partial charge is 0.321 e. The summed E-state index contributed by atoms with van der Waals surface area (Å²) >= 11 is 5.66. The average molecular weight is 314 g/mol. The topological polar surface area (TPSA) is 61.4 Å². The molecule has 0 aliphatic carbocycles. The Hall–Kier alpha value is -1.82. The van der Waals surface area contributed by atoms with E-state index in [1.807, 2.05) is 6.92 Å².